The van der Waals surface area contributed by atoms with Gasteiger partial charge in [-0.1, -0.05) is 0 Å². The first-order chi connectivity index (χ1) is 9.08. The largest absolute Gasteiger partial charge is 0.333 e. The highest BCUT2D eigenvalue weighted by molar-refractivity contribution is 5.85. The molecule has 112 valence electrons. The maximum atomic E-state index is 12.5. The molecule has 0 aliphatic carbocycles. The van der Waals surface area contributed by atoms with Crippen LogP contribution in [0.15, 0.2) is 24.5 Å². The highest BCUT2D eigenvalue weighted by Gasteiger charge is 2.11. The summed E-state index contributed by atoms with van der Waals surface area (Å²) in [6, 6.07) is 2.89. The molecule has 20 heavy (non-hydrogen) atoms. The molecule has 0 fully saturated rings. The Bertz CT molecular complexity index is 527. The molecule has 2 aromatic rings. The first-order valence-electron chi connectivity index (χ1n) is 5.41. The van der Waals surface area contributed by atoms with Crippen LogP contribution >= 0.6 is 12.4 Å². The Labute approximate surface area is 118 Å². The molecule has 0 aromatic carbocycles. The van der Waals surface area contributed by atoms with Crippen LogP contribution < -0.4 is 5.32 Å². The van der Waals surface area contributed by atoms with Crippen molar-refractivity contribution in [2.24, 2.45) is 0 Å². The molecule has 5 nitrogen and oxygen atoms in total. The number of aromatic nitrogens is 4. The Morgan fingerprint density at radius 1 is 1.10 bits per heavy atom. The molecule has 0 aliphatic rings. The van der Waals surface area contributed by atoms with Gasteiger partial charge in [0.05, 0.1) is 11.4 Å². The van der Waals surface area contributed by atoms with Crippen molar-refractivity contribution in [2.45, 2.75) is 26.2 Å². The van der Waals surface area contributed by atoms with E-state index in [2.05, 4.69) is 15.5 Å². The van der Waals surface area contributed by atoms with Crippen molar-refractivity contribution in [3.8, 4) is 0 Å². The lowest BCUT2D eigenvalue weighted by Gasteiger charge is -2.06. The molecule has 0 bridgehead atoms. The van der Waals surface area contributed by atoms with Crippen molar-refractivity contribution in [1.82, 2.24) is 24.9 Å². The van der Waals surface area contributed by atoms with E-state index in [0.29, 0.717) is 20.8 Å². The quantitative estimate of drug-likeness (QED) is 0.834. The Balaban J connectivity index is 0.00000200. The number of hydrogen-bond donors (Lipinski definition) is 1. The zero-order valence-corrected chi connectivity index (χ0v) is 10.9. The molecule has 2 heterocycles. The van der Waals surface area contributed by atoms with E-state index in [1.807, 2.05) is 0 Å². The Kier molecular flexibility index (Phi) is 5.96. The second-order valence-electron chi connectivity index (χ2n) is 3.71. The van der Waals surface area contributed by atoms with Gasteiger partial charge in [-0.15, -0.1) is 12.4 Å². The van der Waals surface area contributed by atoms with Gasteiger partial charge < -0.3 is 5.32 Å². The van der Waals surface area contributed by atoms with Crippen LogP contribution in [-0.4, -0.2) is 19.6 Å². The number of alkyl halides is 4. The normalized spacial score (nSPS) is 11.1. The van der Waals surface area contributed by atoms with Crippen LogP contribution in [0.2, 0.25) is 0 Å². The first kappa shape index (κ1) is 16.4. The summed E-state index contributed by atoms with van der Waals surface area (Å²) in [4.78, 5) is 0. The van der Waals surface area contributed by atoms with Crippen LogP contribution in [0.4, 0.5) is 17.6 Å². The molecule has 0 spiro atoms. The van der Waals surface area contributed by atoms with Crippen LogP contribution in [-0.2, 0) is 13.1 Å². The number of hydrogen-bond acceptors (Lipinski definition) is 3. The minimum atomic E-state index is -2.70. The topological polar surface area (TPSA) is 47.7 Å². The van der Waals surface area contributed by atoms with Crippen molar-refractivity contribution in [3.63, 3.8) is 0 Å². The van der Waals surface area contributed by atoms with Gasteiger partial charge in [0.1, 0.15) is 0 Å². The highest BCUT2D eigenvalue weighted by Crippen LogP contribution is 2.12. The fraction of sp³-hybridized carbons (Fsp3) is 0.400. The predicted octanol–water partition coefficient (Wildman–Crippen LogP) is 2.58. The van der Waals surface area contributed by atoms with E-state index in [1.54, 1.807) is 0 Å². The molecule has 2 aromatic heterocycles. The van der Waals surface area contributed by atoms with Gasteiger partial charge in [0.15, 0.2) is 0 Å². The zero-order valence-electron chi connectivity index (χ0n) is 10.1. The molecule has 0 aliphatic heterocycles. The van der Waals surface area contributed by atoms with E-state index >= 15 is 0 Å². The minimum absolute atomic E-state index is 0. The number of nitrogens with zero attached hydrogens (tertiary/aromatic N) is 4. The van der Waals surface area contributed by atoms with E-state index in [1.165, 1.54) is 18.3 Å². The molecular weight excluding hydrogens is 302 g/mol. The SMILES string of the molecule is Cl.FC(F)n1ccc(CNCc2ccnn2C(F)F)n1. The van der Waals surface area contributed by atoms with E-state index in [4.69, 9.17) is 0 Å². The van der Waals surface area contributed by atoms with Crippen molar-refractivity contribution < 1.29 is 17.6 Å². The average Bonchev–Trinajstić information content (AvgIpc) is 2.97. The van der Waals surface area contributed by atoms with Gasteiger partial charge in [0.25, 0.3) is 0 Å². The number of rotatable bonds is 6. The third kappa shape index (κ3) is 3.94. The molecule has 1 N–H and O–H groups in total. The fourth-order valence-electron chi connectivity index (χ4n) is 1.56. The standard InChI is InChI=1S/C10H11F4N5.ClH/c11-9(12)18-4-2-7(17-18)5-15-6-8-1-3-16-19(8)10(13)14;/h1-4,9-10,15H,5-6H2;1H. The molecule has 0 radical (unpaired) electrons. The average molecular weight is 314 g/mol. The monoisotopic (exact) mass is 313 g/mol. The molecule has 0 unspecified atom stereocenters. The van der Waals surface area contributed by atoms with Crippen LogP contribution in [0.25, 0.3) is 0 Å². The Morgan fingerprint density at radius 3 is 2.45 bits per heavy atom. The maximum absolute atomic E-state index is 12.5. The van der Waals surface area contributed by atoms with Gasteiger partial charge in [-0.3, -0.25) is 0 Å². The first-order valence-corrected chi connectivity index (χ1v) is 5.41. The third-order valence-corrected chi connectivity index (χ3v) is 2.41. The molecule has 10 heteroatoms. The molecule has 0 saturated heterocycles. The van der Waals surface area contributed by atoms with Gasteiger partial charge in [0.2, 0.25) is 0 Å². The summed E-state index contributed by atoms with van der Waals surface area (Å²) in [5.74, 6) is 0. The second kappa shape index (κ2) is 7.25. The summed E-state index contributed by atoms with van der Waals surface area (Å²) < 4.78 is 50.6. The van der Waals surface area contributed by atoms with Crippen LogP contribution in [0.3, 0.4) is 0 Å². The Morgan fingerprint density at radius 2 is 1.85 bits per heavy atom. The summed E-state index contributed by atoms with van der Waals surface area (Å²) >= 11 is 0. The van der Waals surface area contributed by atoms with Gasteiger partial charge in [0, 0.05) is 25.5 Å². The fourth-order valence-corrected chi connectivity index (χ4v) is 1.56. The van der Waals surface area contributed by atoms with Gasteiger partial charge >= 0.3 is 13.1 Å². The van der Waals surface area contributed by atoms with Gasteiger partial charge in [-0.2, -0.15) is 27.8 Å². The zero-order chi connectivity index (χ0) is 13.8. The van der Waals surface area contributed by atoms with Crippen LogP contribution in [0.5, 0.6) is 0 Å². The van der Waals surface area contributed by atoms with Crippen LogP contribution in [0, 0.1) is 0 Å². The van der Waals surface area contributed by atoms with Gasteiger partial charge in [-0.25, -0.2) is 9.36 Å². The maximum Gasteiger partial charge on any atom is 0.333 e. The molecule has 0 amide bonds. The van der Waals surface area contributed by atoms with Crippen molar-refractivity contribution >= 4 is 12.4 Å². The lowest BCUT2D eigenvalue weighted by molar-refractivity contribution is 0.0528. The summed E-state index contributed by atoms with van der Waals surface area (Å²) in [6.45, 7) is -5.04. The van der Waals surface area contributed by atoms with Crippen molar-refractivity contribution in [2.75, 3.05) is 0 Å². The molecule has 0 saturated carbocycles. The molecular formula is C10H12ClF4N5. The third-order valence-electron chi connectivity index (χ3n) is 2.41. The lowest BCUT2D eigenvalue weighted by Crippen LogP contribution is -2.17. The predicted molar refractivity (Wildman–Crippen MR) is 64.8 cm³/mol. The van der Waals surface area contributed by atoms with E-state index in [0.717, 1.165) is 6.20 Å². The summed E-state index contributed by atoms with van der Waals surface area (Å²) in [5, 5.41) is 9.93. The van der Waals surface area contributed by atoms with Crippen LogP contribution in [0.1, 0.15) is 24.5 Å². The lowest BCUT2D eigenvalue weighted by atomic mass is 10.4. The summed E-state index contributed by atoms with van der Waals surface area (Å²) in [7, 11) is 0. The van der Waals surface area contributed by atoms with E-state index < -0.39 is 13.1 Å². The minimum Gasteiger partial charge on any atom is -0.305 e. The number of nitrogens with one attached hydrogen (secondary N) is 1. The smallest absolute Gasteiger partial charge is 0.305 e. The highest BCUT2D eigenvalue weighted by atomic mass is 35.5. The van der Waals surface area contributed by atoms with Crippen molar-refractivity contribution in [1.29, 1.82) is 0 Å². The number of halogens is 5. The van der Waals surface area contributed by atoms with E-state index in [9.17, 15) is 17.6 Å². The van der Waals surface area contributed by atoms with Crippen molar-refractivity contribution in [3.05, 3.63) is 35.9 Å². The molecule has 2 rings (SSSR count). The summed E-state index contributed by atoms with van der Waals surface area (Å²) in [5.41, 5.74) is 0.715. The van der Waals surface area contributed by atoms with Gasteiger partial charge in [-0.05, 0) is 12.1 Å². The second-order valence-corrected chi connectivity index (χ2v) is 3.71. The Hall–Kier alpha value is -1.61. The molecule has 0 atom stereocenters. The summed E-state index contributed by atoms with van der Waals surface area (Å²) in [6.07, 6.45) is 2.43. The van der Waals surface area contributed by atoms with E-state index in [-0.39, 0.29) is 25.5 Å².